The predicted octanol–water partition coefficient (Wildman–Crippen LogP) is 21.5. The van der Waals surface area contributed by atoms with Crippen molar-refractivity contribution >= 4 is 19.8 Å². The number of likely N-dealkylation sites (N-methyl/N-ethyl adjacent to an activating group) is 1. The molecule has 2 atom stereocenters. The lowest BCUT2D eigenvalue weighted by Crippen LogP contribution is -2.37. The van der Waals surface area contributed by atoms with Gasteiger partial charge in [-0.2, -0.15) is 0 Å². The van der Waals surface area contributed by atoms with Crippen molar-refractivity contribution < 1.29 is 42.1 Å². The zero-order chi connectivity index (χ0) is 57.0. The summed E-state index contributed by atoms with van der Waals surface area (Å²) in [6, 6.07) is 0. The van der Waals surface area contributed by atoms with Gasteiger partial charge in [0.1, 0.15) is 19.8 Å². The van der Waals surface area contributed by atoms with E-state index >= 15 is 0 Å². The van der Waals surface area contributed by atoms with E-state index in [0.29, 0.717) is 23.9 Å². The Morgan fingerprint density at radius 3 is 1.03 bits per heavy atom. The van der Waals surface area contributed by atoms with Crippen LogP contribution in [-0.2, 0) is 32.7 Å². The van der Waals surface area contributed by atoms with Gasteiger partial charge in [-0.1, -0.05) is 288 Å². The number of ether oxygens (including phenoxy) is 2. The number of hydrogen-bond acceptors (Lipinski definition) is 7. The minimum absolute atomic E-state index is 0.0339. The van der Waals surface area contributed by atoms with E-state index in [-0.39, 0.29) is 25.6 Å². The Labute approximate surface area is 484 Å². The van der Waals surface area contributed by atoms with Crippen LogP contribution < -0.4 is 0 Å². The average molecular weight is 1120 g/mol. The molecule has 2 unspecified atom stereocenters. The van der Waals surface area contributed by atoms with Gasteiger partial charge >= 0.3 is 19.8 Å². The summed E-state index contributed by atoms with van der Waals surface area (Å²) in [5, 5.41) is 0. The quantitative estimate of drug-likeness (QED) is 0.0211. The first-order valence-electron chi connectivity index (χ1n) is 33.7. The van der Waals surface area contributed by atoms with E-state index in [2.05, 4.69) is 50.3 Å². The molecule has 0 aromatic rings. The molecule has 0 fully saturated rings. The molecule has 0 amide bonds. The van der Waals surface area contributed by atoms with Crippen molar-refractivity contribution in [2.75, 3.05) is 47.5 Å². The van der Waals surface area contributed by atoms with Crippen molar-refractivity contribution in [2.45, 2.75) is 341 Å². The fourth-order valence-corrected chi connectivity index (χ4v) is 10.7. The molecule has 0 bridgehead atoms. The van der Waals surface area contributed by atoms with Crippen molar-refractivity contribution in [3.8, 4) is 0 Å². The lowest BCUT2D eigenvalue weighted by molar-refractivity contribution is -0.870. The first-order valence-corrected chi connectivity index (χ1v) is 35.2. The SMILES string of the molecule is CCCCCCC/C=C\C/C=C\CCCCCCCCCCCCCCCCCCCC(=O)OC(COC(=O)CCCCCCCCCCCCCCC/C=C\CCCCCCCCCC)COP(=O)(O)OCC[N+](C)(C)C. The number of unbranched alkanes of at least 4 members (excludes halogenated alkanes) is 43. The van der Waals surface area contributed by atoms with Crippen molar-refractivity contribution in [2.24, 2.45) is 0 Å². The minimum atomic E-state index is -4.39. The summed E-state index contributed by atoms with van der Waals surface area (Å²) in [6.45, 7) is 4.48. The van der Waals surface area contributed by atoms with Crippen molar-refractivity contribution in [3.63, 3.8) is 0 Å². The van der Waals surface area contributed by atoms with E-state index in [0.717, 1.165) is 38.5 Å². The van der Waals surface area contributed by atoms with Gasteiger partial charge in [-0.05, 0) is 70.6 Å². The third kappa shape index (κ3) is 63.4. The number of carbonyl (C=O) groups excluding carboxylic acids is 2. The number of phosphoric ester groups is 1. The standard InChI is InChI=1S/C68H130NO8P/c1-6-8-10-12-14-16-18-20-22-24-26-28-30-32-33-34-35-37-39-41-43-45-47-49-51-53-55-57-59-61-68(71)77-66(65-76-78(72,73)75-63-62-69(3,4)5)64-74-67(70)60-58-56-54-52-50-48-46-44-42-40-38-36-31-29-27-25-23-21-19-17-15-13-11-9-7-2/h18,20,24-27,66H,6-17,19,21-23,28-65H2,1-5H3/p+1/b20-18-,26-24-,27-25-. The monoisotopic (exact) mass is 1120 g/mol. The van der Waals surface area contributed by atoms with Gasteiger partial charge in [-0.3, -0.25) is 18.6 Å². The molecule has 0 aliphatic rings. The topological polar surface area (TPSA) is 108 Å². The molecule has 0 saturated carbocycles. The summed E-state index contributed by atoms with van der Waals surface area (Å²) in [5.74, 6) is -0.779. The van der Waals surface area contributed by atoms with Crippen LogP contribution in [0, 0.1) is 0 Å². The van der Waals surface area contributed by atoms with Crippen LogP contribution in [0.25, 0.3) is 0 Å². The molecule has 460 valence electrons. The van der Waals surface area contributed by atoms with Gasteiger partial charge in [0.2, 0.25) is 0 Å². The lowest BCUT2D eigenvalue weighted by Gasteiger charge is -2.24. The van der Waals surface area contributed by atoms with Crippen LogP contribution in [0.1, 0.15) is 335 Å². The molecule has 9 nitrogen and oxygen atoms in total. The highest BCUT2D eigenvalue weighted by Crippen LogP contribution is 2.43. The van der Waals surface area contributed by atoms with E-state index < -0.39 is 26.5 Å². The second kappa shape index (κ2) is 59.8. The molecule has 0 heterocycles. The largest absolute Gasteiger partial charge is 0.472 e. The fraction of sp³-hybridized carbons (Fsp3) is 0.882. The molecule has 0 saturated heterocycles. The third-order valence-corrected chi connectivity index (χ3v) is 16.1. The minimum Gasteiger partial charge on any atom is -0.462 e. The van der Waals surface area contributed by atoms with Crippen LogP contribution in [0.4, 0.5) is 0 Å². The number of allylic oxidation sites excluding steroid dienone is 6. The van der Waals surface area contributed by atoms with Crippen molar-refractivity contribution in [3.05, 3.63) is 36.5 Å². The number of carbonyl (C=O) groups is 2. The predicted molar refractivity (Wildman–Crippen MR) is 335 cm³/mol. The number of nitrogens with zero attached hydrogens (tertiary/aromatic N) is 1. The lowest BCUT2D eigenvalue weighted by atomic mass is 10.0. The molecule has 0 spiro atoms. The van der Waals surface area contributed by atoms with Gasteiger partial charge < -0.3 is 18.9 Å². The number of phosphoric acid groups is 1. The Kier molecular flexibility index (Phi) is 58.5. The van der Waals surface area contributed by atoms with Crippen LogP contribution in [0.5, 0.6) is 0 Å². The number of rotatable bonds is 63. The smallest absolute Gasteiger partial charge is 0.462 e. The Bertz CT molecular complexity index is 1410. The Morgan fingerprint density at radius 2 is 0.692 bits per heavy atom. The van der Waals surface area contributed by atoms with Gasteiger partial charge in [0.15, 0.2) is 6.10 Å². The summed E-state index contributed by atoms with van der Waals surface area (Å²) >= 11 is 0. The molecule has 0 aliphatic carbocycles. The molecule has 1 N–H and O–H groups in total. The van der Waals surface area contributed by atoms with Crippen LogP contribution in [-0.4, -0.2) is 74.9 Å². The van der Waals surface area contributed by atoms with Crippen LogP contribution in [0.3, 0.4) is 0 Å². The highest BCUT2D eigenvalue weighted by atomic mass is 31.2. The van der Waals surface area contributed by atoms with E-state index in [1.807, 2.05) is 21.1 Å². The first-order chi connectivity index (χ1) is 38.0. The molecule has 10 heteroatoms. The molecule has 78 heavy (non-hydrogen) atoms. The van der Waals surface area contributed by atoms with Crippen molar-refractivity contribution in [1.82, 2.24) is 0 Å². The van der Waals surface area contributed by atoms with E-state index in [1.165, 1.54) is 263 Å². The van der Waals surface area contributed by atoms with Crippen molar-refractivity contribution in [1.29, 1.82) is 0 Å². The molecular weight excluding hydrogens is 990 g/mol. The first kappa shape index (κ1) is 76.2. The maximum atomic E-state index is 12.9. The zero-order valence-electron chi connectivity index (χ0n) is 52.4. The number of quaternary nitrogens is 1. The maximum absolute atomic E-state index is 12.9. The summed E-state index contributed by atoms with van der Waals surface area (Å²) in [4.78, 5) is 35.8. The Morgan fingerprint density at radius 1 is 0.397 bits per heavy atom. The summed E-state index contributed by atoms with van der Waals surface area (Å²) in [7, 11) is 1.49. The summed E-state index contributed by atoms with van der Waals surface area (Å²) in [5.41, 5.74) is 0. The van der Waals surface area contributed by atoms with E-state index in [4.69, 9.17) is 18.5 Å². The van der Waals surface area contributed by atoms with E-state index in [1.54, 1.807) is 0 Å². The van der Waals surface area contributed by atoms with Crippen LogP contribution in [0.2, 0.25) is 0 Å². The average Bonchev–Trinajstić information content (AvgIpc) is 3.41. The molecular formula is C68H131NO8P+. The molecule has 0 rings (SSSR count). The summed E-state index contributed by atoms with van der Waals surface area (Å²) < 4.78 is 34.7. The fourth-order valence-electron chi connectivity index (χ4n) is 9.93. The maximum Gasteiger partial charge on any atom is 0.472 e. The van der Waals surface area contributed by atoms with E-state index in [9.17, 15) is 19.0 Å². The van der Waals surface area contributed by atoms with Gasteiger partial charge in [0.05, 0.1) is 27.7 Å². The van der Waals surface area contributed by atoms with Gasteiger partial charge in [-0.25, -0.2) is 4.57 Å². The molecule has 0 aliphatic heterocycles. The Balaban J connectivity index is 4.04. The number of esters is 2. The highest BCUT2D eigenvalue weighted by Gasteiger charge is 2.27. The highest BCUT2D eigenvalue weighted by molar-refractivity contribution is 7.47. The number of hydrogen-bond donors (Lipinski definition) is 1. The van der Waals surface area contributed by atoms with Crippen LogP contribution >= 0.6 is 7.82 Å². The molecule has 0 aromatic heterocycles. The van der Waals surface area contributed by atoms with Gasteiger partial charge in [0.25, 0.3) is 0 Å². The molecule has 0 radical (unpaired) electrons. The Hall–Kier alpha value is -1.77. The summed E-state index contributed by atoms with van der Waals surface area (Å²) in [6.07, 6.45) is 75.2. The normalized spacial score (nSPS) is 13.4. The van der Waals surface area contributed by atoms with Crippen LogP contribution in [0.15, 0.2) is 36.5 Å². The van der Waals surface area contributed by atoms with Gasteiger partial charge in [-0.15, -0.1) is 0 Å². The second-order valence-corrected chi connectivity index (χ2v) is 25.7. The van der Waals surface area contributed by atoms with Gasteiger partial charge in [0, 0.05) is 12.8 Å². The third-order valence-electron chi connectivity index (χ3n) is 15.1. The molecule has 0 aromatic carbocycles. The zero-order valence-corrected chi connectivity index (χ0v) is 53.3. The second-order valence-electron chi connectivity index (χ2n) is 24.2.